The fraction of sp³-hybridized carbons (Fsp3) is 1.00. The van der Waals surface area contributed by atoms with E-state index in [0.29, 0.717) is 12.6 Å². The maximum absolute atomic E-state index is 10.6. The van der Waals surface area contributed by atoms with Crippen LogP contribution in [0.3, 0.4) is 0 Å². The molecule has 0 aromatic heterocycles. The minimum Gasteiger partial charge on any atom is -0.315 e. The van der Waals surface area contributed by atoms with Crippen molar-refractivity contribution in [1.82, 2.24) is 10.6 Å². The normalized spacial score (nSPS) is 24.5. The molecule has 0 bridgehead atoms. The molecule has 1 saturated heterocycles. The third-order valence-corrected chi connectivity index (χ3v) is 2.89. The Kier molecular flexibility index (Phi) is 4.11. The van der Waals surface area contributed by atoms with E-state index in [9.17, 15) is 8.42 Å². The van der Waals surface area contributed by atoms with Crippen LogP contribution < -0.4 is 15.8 Å². The number of nitrogens with two attached hydrogens (primary N) is 1. The van der Waals surface area contributed by atoms with Gasteiger partial charge in [-0.05, 0) is 19.4 Å². The van der Waals surface area contributed by atoms with Gasteiger partial charge in [0.15, 0.2) is 0 Å². The third-order valence-electron chi connectivity index (χ3n) is 2.12. The molecule has 6 heteroatoms. The predicted molar refractivity (Wildman–Crippen MR) is 51.9 cm³/mol. The molecular formula is C7H17N3O2S. The van der Waals surface area contributed by atoms with E-state index in [-0.39, 0.29) is 5.75 Å². The molecule has 0 amide bonds. The molecule has 1 heterocycles. The third kappa shape index (κ3) is 5.20. The van der Waals surface area contributed by atoms with Gasteiger partial charge in [0.2, 0.25) is 10.0 Å². The summed E-state index contributed by atoms with van der Waals surface area (Å²) in [6.45, 7) is 2.43. The van der Waals surface area contributed by atoms with Crippen LogP contribution in [0.25, 0.3) is 0 Å². The molecule has 1 rings (SSSR count). The molecule has 0 aliphatic carbocycles. The summed E-state index contributed by atoms with van der Waals surface area (Å²) in [4.78, 5) is 0. The van der Waals surface area contributed by atoms with Gasteiger partial charge < -0.3 is 10.6 Å². The molecule has 13 heavy (non-hydrogen) atoms. The lowest BCUT2D eigenvalue weighted by molar-refractivity contribution is 0.397. The van der Waals surface area contributed by atoms with Crippen LogP contribution in [-0.4, -0.2) is 39.8 Å². The Bertz CT molecular complexity index is 234. The van der Waals surface area contributed by atoms with Gasteiger partial charge in [0.05, 0.1) is 5.75 Å². The largest absolute Gasteiger partial charge is 0.315 e. The number of sulfonamides is 1. The first kappa shape index (κ1) is 10.9. The van der Waals surface area contributed by atoms with Crippen molar-refractivity contribution in [2.24, 2.45) is 5.14 Å². The average molecular weight is 207 g/mol. The van der Waals surface area contributed by atoms with Gasteiger partial charge in [-0.2, -0.15) is 0 Å². The van der Waals surface area contributed by atoms with Gasteiger partial charge in [-0.1, -0.05) is 0 Å². The van der Waals surface area contributed by atoms with E-state index in [1.54, 1.807) is 0 Å². The lowest BCUT2D eigenvalue weighted by Gasteiger charge is -2.23. The molecule has 1 atom stereocenters. The molecule has 1 aliphatic rings. The van der Waals surface area contributed by atoms with Crippen LogP contribution in [0.4, 0.5) is 0 Å². The highest BCUT2D eigenvalue weighted by atomic mass is 32.2. The van der Waals surface area contributed by atoms with Crippen molar-refractivity contribution in [3.8, 4) is 0 Å². The topological polar surface area (TPSA) is 84.2 Å². The first-order chi connectivity index (χ1) is 6.08. The molecule has 0 aromatic carbocycles. The highest BCUT2D eigenvalue weighted by Crippen LogP contribution is 2.00. The number of hydrogen-bond donors (Lipinski definition) is 3. The number of rotatable bonds is 4. The van der Waals surface area contributed by atoms with Crippen molar-refractivity contribution < 1.29 is 8.42 Å². The number of piperidine rings is 1. The predicted octanol–water partition coefficient (Wildman–Crippen LogP) is -1.38. The van der Waals surface area contributed by atoms with Crippen molar-refractivity contribution in [2.45, 2.75) is 18.9 Å². The SMILES string of the molecule is NS(=O)(=O)CCNC1CCCNC1. The quantitative estimate of drug-likeness (QED) is 0.530. The van der Waals surface area contributed by atoms with E-state index in [1.165, 1.54) is 0 Å². The number of nitrogens with one attached hydrogen (secondary N) is 2. The lowest BCUT2D eigenvalue weighted by Crippen LogP contribution is -2.44. The summed E-state index contributed by atoms with van der Waals surface area (Å²) in [6, 6.07) is 0.399. The summed E-state index contributed by atoms with van der Waals surface area (Å²) in [5.41, 5.74) is 0. The van der Waals surface area contributed by atoms with Gasteiger partial charge in [-0.25, -0.2) is 13.6 Å². The zero-order valence-electron chi connectivity index (χ0n) is 7.62. The Morgan fingerprint density at radius 2 is 2.31 bits per heavy atom. The van der Waals surface area contributed by atoms with Gasteiger partial charge in [0.1, 0.15) is 0 Å². The molecule has 0 radical (unpaired) electrons. The highest BCUT2D eigenvalue weighted by molar-refractivity contribution is 7.89. The summed E-state index contributed by atoms with van der Waals surface area (Å²) in [7, 11) is -3.31. The summed E-state index contributed by atoms with van der Waals surface area (Å²) in [5, 5.41) is 11.3. The minimum absolute atomic E-state index is 0.0174. The fourth-order valence-corrected chi connectivity index (χ4v) is 1.83. The van der Waals surface area contributed by atoms with Gasteiger partial charge in [-0.15, -0.1) is 0 Å². The van der Waals surface area contributed by atoms with Crippen LogP contribution in [0.5, 0.6) is 0 Å². The zero-order chi connectivity index (χ0) is 9.73. The summed E-state index contributed by atoms with van der Waals surface area (Å²) < 4.78 is 21.2. The molecule has 1 fully saturated rings. The van der Waals surface area contributed by atoms with E-state index >= 15 is 0 Å². The smallest absolute Gasteiger partial charge is 0.210 e. The molecule has 0 aromatic rings. The van der Waals surface area contributed by atoms with Crippen LogP contribution in [0.2, 0.25) is 0 Å². The molecular weight excluding hydrogens is 190 g/mol. The summed E-state index contributed by atoms with van der Waals surface area (Å²) in [6.07, 6.45) is 2.25. The Balaban J connectivity index is 2.11. The van der Waals surface area contributed by atoms with Crippen LogP contribution >= 0.6 is 0 Å². The van der Waals surface area contributed by atoms with Crippen molar-refractivity contribution in [3.63, 3.8) is 0 Å². The Hall–Kier alpha value is -0.170. The molecule has 78 valence electrons. The molecule has 0 saturated carbocycles. The maximum atomic E-state index is 10.6. The second-order valence-electron chi connectivity index (χ2n) is 3.36. The van der Waals surface area contributed by atoms with E-state index in [2.05, 4.69) is 10.6 Å². The number of primary sulfonamides is 1. The van der Waals surface area contributed by atoms with E-state index in [1.807, 2.05) is 0 Å². The first-order valence-electron chi connectivity index (χ1n) is 4.52. The van der Waals surface area contributed by atoms with Crippen molar-refractivity contribution in [3.05, 3.63) is 0 Å². The Morgan fingerprint density at radius 3 is 2.85 bits per heavy atom. The molecule has 1 aliphatic heterocycles. The van der Waals surface area contributed by atoms with Crippen LogP contribution in [-0.2, 0) is 10.0 Å². The Labute approximate surface area is 79.1 Å². The maximum Gasteiger partial charge on any atom is 0.210 e. The van der Waals surface area contributed by atoms with Crippen molar-refractivity contribution in [1.29, 1.82) is 0 Å². The van der Waals surface area contributed by atoms with Gasteiger partial charge >= 0.3 is 0 Å². The summed E-state index contributed by atoms with van der Waals surface area (Å²) >= 11 is 0. The molecule has 1 unspecified atom stereocenters. The van der Waals surface area contributed by atoms with Crippen LogP contribution in [0.15, 0.2) is 0 Å². The van der Waals surface area contributed by atoms with E-state index < -0.39 is 10.0 Å². The monoisotopic (exact) mass is 207 g/mol. The first-order valence-corrected chi connectivity index (χ1v) is 6.24. The highest BCUT2D eigenvalue weighted by Gasteiger charge is 2.12. The molecule has 5 nitrogen and oxygen atoms in total. The average Bonchev–Trinajstić information content (AvgIpc) is 2.04. The minimum atomic E-state index is -3.31. The van der Waals surface area contributed by atoms with Gasteiger partial charge in [-0.3, -0.25) is 0 Å². The van der Waals surface area contributed by atoms with E-state index in [4.69, 9.17) is 5.14 Å². The standard InChI is InChI=1S/C7H17N3O2S/c8-13(11,12)5-4-10-7-2-1-3-9-6-7/h7,9-10H,1-6H2,(H2,8,11,12). The fourth-order valence-electron chi connectivity index (χ4n) is 1.43. The molecule has 4 N–H and O–H groups in total. The second kappa shape index (κ2) is 4.90. The lowest BCUT2D eigenvalue weighted by atomic mass is 10.1. The van der Waals surface area contributed by atoms with Gasteiger partial charge in [0, 0.05) is 19.1 Å². The summed E-state index contributed by atoms with van der Waals surface area (Å²) in [5.74, 6) is 0.0174. The Morgan fingerprint density at radius 1 is 1.54 bits per heavy atom. The zero-order valence-corrected chi connectivity index (χ0v) is 8.44. The van der Waals surface area contributed by atoms with E-state index in [0.717, 1.165) is 25.9 Å². The van der Waals surface area contributed by atoms with Crippen molar-refractivity contribution >= 4 is 10.0 Å². The second-order valence-corrected chi connectivity index (χ2v) is 5.10. The van der Waals surface area contributed by atoms with Crippen molar-refractivity contribution in [2.75, 3.05) is 25.4 Å². The molecule has 0 spiro atoms. The number of hydrogen-bond acceptors (Lipinski definition) is 4. The van der Waals surface area contributed by atoms with Gasteiger partial charge in [0.25, 0.3) is 0 Å². The van der Waals surface area contributed by atoms with Crippen LogP contribution in [0.1, 0.15) is 12.8 Å². The van der Waals surface area contributed by atoms with Crippen LogP contribution in [0, 0.1) is 0 Å².